The van der Waals surface area contributed by atoms with Crippen molar-refractivity contribution in [1.29, 1.82) is 0 Å². The summed E-state index contributed by atoms with van der Waals surface area (Å²) in [6.07, 6.45) is -2.84. The van der Waals surface area contributed by atoms with Crippen molar-refractivity contribution < 1.29 is 23.2 Å². The topological polar surface area (TPSA) is 125 Å². The fourth-order valence-electron chi connectivity index (χ4n) is 2.67. The Hall–Kier alpha value is -4.48. The van der Waals surface area contributed by atoms with Crippen LogP contribution in [0.25, 0.3) is 5.65 Å². The van der Waals surface area contributed by atoms with Gasteiger partial charge in [0.2, 0.25) is 11.7 Å². The summed E-state index contributed by atoms with van der Waals surface area (Å²) < 4.78 is 32.4. The molecule has 4 rings (SSSR count). The number of nitro groups is 1. The van der Waals surface area contributed by atoms with E-state index in [1.165, 1.54) is 48.5 Å². The van der Waals surface area contributed by atoms with Crippen molar-refractivity contribution in [2.75, 3.05) is 5.32 Å². The van der Waals surface area contributed by atoms with Crippen LogP contribution in [-0.2, 0) is 0 Å². The zero-order chi connectivity index (χ0) is 22.0. The number of non-ortho nitro benzene ring substituents is 1. The standard InChI is InChI=1S/C19H12F2N6O4/c20-17(21)18-24-23-15-8-9-16(25-26(15)18)31-14-6-4-12(5-7-14)22-19(28)11-2-1-3-13(10-11)27(29)30/h1-10,17H,(H,22,28). The molecule has 156 valence electrons. The van der Waals surface area contributed by atoms with Crippen LogP contribution in [0.3, 0.4) is 0 Å². The number of hydrogen-bond acceptors (Lipinski definition) is 7. The van der Waals surface area contributed by atoms with Gasteiger partial charge in [-0.25, -0.2) is 8.78 Å². The number of ether oxygens (including phenoxy) is 1. The summed E-state index contributed by atoms with van der Waals surface area (Å²) in [5.74, 6) is -0.731. The average molecular weight is 426 g/mol. The number of carbonyl (C=O) groups is 1. The van der Waals surface area contributed by atoms with Crippen LogP contribution >= 0.6 is 0 Å². The second kappa shape index (κ2) is 8.10. The molecule has 1 amide bonds. The smallest absolute Gasteiger partial charge is 0.299 e. The van der Waals surface area contributed by atoms with Crippen molar-refractivity contribution in [3.8, 4) is 11.6 Å². The van der Waals surface area contributed by atoms with Crippen molar-refractivity contribution in [3.05, 3.63) is 82.2 Å². The molecule has 10 nitrogen and oxygen atoms in total. The molecule has 2 aromatic heterocycles. The number of benzene rings is 2. The molecule has 0 aliphatic carbocycles. The van der Waals surface area contributed by atoms with Crippen molar-refractivity contribution in [1.82, 2.24) is 19.8 Å². The van der Waals surface area contributed by atoms with Crippen LogP contribution in [0.15, 0.2) is 60.7 Å². The van der Waals surface area contributed by atoms with E-state index in [0.29, 0.717) is 11.4 Å². The molecule has 4 aromatic rings. The summed E-state index contributed by atoms with van der Waals surface area (Å²) in [6, 6.07) is 14.4. The van der Waals surface area contributed by atoms with Crippen molar-refractivity contribution >= 4 is 22.9 Å². The first-order chi connectivity index (χ1) is 14.9. The highest BCUT2D eigenvalue weighted by atomic mass is 19.3. The van der Waals surface area contributed by atoms with E-state index >= 15 is 0 Å². The Labute approximate surface area is 172 Å². The van der Waals surface area contributed by atoms with Crippen molar-refractivity contribution in [3.63, 3.8) is 0 Å². The molecular weight excluding hydrogens is 414 g/mol. The Morgan fingerprint density at radius 2 is 1.87 bits per heavy atom. The highest BCUT2D eigenvalue weighted by Gasteiger charge is 2.17. The van der Waals surface area contributed by atoms with Crippen LogP contribution in [0.5, 0.6) is 11.6 Å². The fourth-order valence-corrected chi connectivity index (χ4v) is 2.67. The monoisotopic (exact) mass is 426 g/mol. The molecule has 0 aliphatic rings. The number of carbonyl (C=O) groups excluding carboxylic acids is 1. The molecule has 12 heteroatoms. The molecule has 0 unspecified atom stereocenters. The van der Waals surface area contributed by atoms with Gasteiger partial charge in [-0.1, -0.05) is 6.07 Å². The van der Waals surface area contributed by atoms with Crippen LogP contribution in [0.4, 0.5) is 20.2 Å². The summed E-state index contributed by atoms with van der Waals surface area (Å²) in [7, 11) is 0. The van der Waals surface area contributed by atoms with Gasteiger partial charge in [0, 0.05) is 29.4 Å². The first-order valence-corrected chi connectivity index (χ1v) is 8.75. The third-order valence-electron chi connectivity index (χ3n) is 4.11. The number of rotatable bonds is 6. The lowest BCUT2D eigenvalue weighted by Gasteiger charge is -2.08. The van der Waals surface area contributed by atoms with Gasteiger partial charge in [0.1, 0.15) is 5.75 Å². The molecule has 2 aromatic carbocycles. The lowest BCUT2D eigenvalue weighted by molar-refractivity contribution is -0.384. The number of halogens is 2. The normalized spacial score (nSPS) is 10.9. The van der Waals surface area contributed by atoms with Crippen LogP contribution < -0.4 is 10.1 Å². The predicted octanol–water partition coefficient (Wildman–Crippen LogP) is 4.01. The van der Waals surface area contributed by atoms with Gasteiger partial charge in [-0.2, -0.15) is 4.52 Å². The Kier molecular flexibility index (Phi) is 5.18. The summed E-state index contributed by atoms with van der Waals surface area (Å²) in [5.41, 5.74) is 0.521. The Balaban J connectivity index is 1.46. The van der Waals surface area contributed by atoms with Gasteiger partial charge in [-0.15, -0.1) is 15.3 Å². The molecule has 0 spiro atoms. The van der Waals surface area contributed by atoms with E-state index < -0.39 is 23.1 Å². The fraction of sp³-hybridized carbons (Fsp3) is 0.0526. The summed E-state index contributed by atoms with van der Waals surface area (Å²) in [5, 5.41) is 24.4. The quantitative estimate of drug-likeness (QED) is 0.365. The SMILES string of the molecule is O=C(Nc1ccc(Oc2ccc3nnc(C(F)F)n3n2)cc1)c1cccc([N+](=O)[O-])c1. The lowest BCUT2D eigenvalue weighted by Crippen LogP contribution is -2.12. The van der Waals surface area contributed by atoms with Crippen LogP contribution in [0.2, 0.25) is 0 Å². The third kappa shape index (κ3) is 4.27. The van der Waals surface area contributed by atoms with Gasteiger partial charge >= 0.3 is 0 Å². The first kappa shape index (κ1) is 19.8. The van der Waals surface area contributed by atoms with Crippen molar-refractivity contribution in [2.45, 2.75) is 6.43 Å². The molecule has 0 fully saturated rings. The van der Waals surface area contributed by atoms with Crippen LogP contribution in [-0.4, -0.2) is 30.6 Å². The second-order valence-corrected chi connectivity index (χ2v) is 6.19. The van der Waals surface area contributed by atoms with Gasteiger partial charge in [0.15, 0.2) is 5.65 Å². The van der Waals surface area contributed by atoms with E-state index in [4.69, 9.17) is 4.74 Å². The molecule has 0 bridgehead atoms. The Morgan fingerprint density at radius 3 is 2.58 bits per heavy atom. The van der Waals surface area contributed by atoms with E-state index in [9.17, 15) is 23.7 Å². The molecular formula is C19H12F2N6O4. The molecule has 1 N–H and O–H groups in total. The van der Waals surface area contributed by atoms with Gasteiger partial charge in [0.05, 0.1) is 4.92 Å². The van der Waals surface area contributed by atoms with Crippen LogP contribution in [0.1, 0.15) is 22.6 Å². The minimum absolute atomic E-state index is 0.0441. The molecule has 0 saturated heterocycles. The van der Waals surface area contributed by atoms with E-state index in [1.54, 1.807) is 12.1 Å². The minimum atomic E-state index is -2.84. The van der Waals surface area contributed by atoms with E-state index in [-0.39, 0.29) is 22.8 Å². The van der Waals surface area contributed by atoms with E-state index in [1.807, 2.05) is 0 Å². The number of nitrogens with zero attached hydrogens (tertiary/aromatic N) is 5. The molecule has 0 radical (unpaired) electrons. The largest absolute Gasteiger partial charge is 0.438 e. The summed E-state index contributed by atoms with van der Waals surface area (Å²) in [6.45, 7) is 0. The molecule has 0 saturated carbocycles. The third-order valence-corrected chi connectivity index (χ3v) is 4.11. The molecule has 2 heterocycles. The number of amides is 1. The zero-order valence-electron chi connectivity index (χ0n) is 15.5. The highest BCUT2D eigenvalue weighted by molar-refractivity contribution is 6.04. The molecule has 0 atom stereocenters. The maximum Gasteiger partial charge on any atom is 0.299 e. The average Bonchev–Trinajstić information content (AvgIpc) is 3.19. The van der Waals surface area contributed by atoms with Gasteiger partial charge in [0.25, 0.3) is 18.0 Å². The van der Waals surface area contributed by atoms with Gasteiger partial charge in [-0.05, 0) is 36.4 Å². The maximum absolute atomic E-state index is 12.9. The minimum Gasteiger partial charge on any atom is -0.438 e. The number of nitrogens with one attached hydrogen (secondary N) is 1. The van der Waals surface area contributed by atoms with Gasteiger partial charge in [-0.3, -0.25) is 14.9 Å². The summed E-state index contributed by atoms with van der Waals surface area (Å²) in [4.78, 5) is 22.6. The highest BCUT2D eigenvalue weighted by Crippen LogP contribution is 2.24. The molecule has 0 aliphatic heterocycles. The second-order valence-electron chi connectivity index (χ2n) is 6.19. The van der Waals surface area contributed by atoms with Crippen LogP contribution in [0, 0.1) is 10.1 Å². The Bertz CT molecular complexity index is 1280. The maximum atomic E-state index is 12.9. The number of nitro benzene ring substituents is 1. The first-order valence-electron chi connectivity index (χ1n) is 8.75. The number of fused-ring (bicyclic) bond motifs is 1. The number of hydrogen-bond donors (Lipinski definition) is 1. The number of aromatic nitrogens is 4. The lowest BCUT2D eigenvalue weighted by atomic mass is 10.2. The predicted molar refractivity (Wildman–Crippen MR) is 103 cm³/mol. The van der Waals surface area contributed by atoms with Crippen molar-refractivity contribution in [2.24, 2.45) is 0 Å². The van der Waals surface area contributed by atoms with E-state index in [2.05, 4.69) is 20.6 Å². The molecule has 31 heavy (non-hydrogen) atoms. The Morgan fingerprint density at radius 1 is 1.10 bits per heavy atom. The number of alkyl halides is 2. The number of anilines is 1. The van der Waals surface area contributed by atoms with E-state index in [0.717, 1.165) is 4.52 Å². The van der Waals surface area contributed by atoms with Gasteiger partial charge < -0.3 is 10.1 Å². The summed E-state index contributed by atoms with van der Waals surface area (Å²) >= 11 is 0. The zero-order valence-corrected chi connectivity index (χ0v) is 15.5.